The molecule has 208 valence electrons. The third kappa shape index (κ3) is 7.80. The molecule has 0 fully saturated rings. The molecule has 0 aliphatic carbocycles. The van der Waals surface area contributed by atoms with Crippen molar-refractivity contribution in [3.8, 4) is 10.6 Å². The van der Waals surface area contributed by atoms with E-state index in [1.54, 1.807) is 35.3 Å². The lowest BCUT2D eigenvalue weighted by atomic mass is 10.0. The number of pyridine rings is 1. The first-order valence-corrected chi connectivity index (χ1v) is 13.9. The summed E-state index contributed by atoms with van der Waals surface area (Å²) < 4.78 is 6.42. The maximum Gasteiger partial charge on any atom is 0.408 e. The molecular formula is C26H27N7O5S2. The predicted molar refractivity (Wildman–Crippen MR) is 151 cm³/mol. The highest BCUT2D eigenvalue weighted by Gasteiger charge is 2.26. The van der Waals surface area contributed by atoms with E-state index in [1.807, 2.05) is 38.1 Å². The van der Waals surface area contributed by atoms with Crippen LogP contribution < -0.4 is 21.6 Å². The molecule has 4 amide bonds. The van der Waals surface area contributed by atoms with Gasteiger partial charge in [-0.2, -0.15) is 4.41 Å². The second-order valence-electron chi connectivity index (χ2n) is 8.99. The maximum absolute atomic E-state index is 12.8. The Kier molecular flexibility index (Phi) is 9.70. The summed E-state index contributed by atoms with van der Waals surface area (Å²) in [6.45, 7) is 3.85. The lowest BCUT2D eigenvalue weighted by Gasteiger charge is -2.22. The van der Waals surface area contributed by atoms with Crippen LogP contribution in [0, 0.1) is 5.92 Å². The van der Waals surface area contributed by atoms with Crippen LogP contribution in [-0.2, 0) is 16.1 Å². The number of amides is 4. The van der Waals surface area contributed by atoms with Gasteiger partial charge in [0.25, 0.3) is 5.91 Å². The van der Waals surface area contributed by atoms with Gasteiger partial charge in [-0.1, -0.05) is 38.1 Å². The lowest BCUT2D eigenvalue weighted by molar-refractivity contribution is -0.124. The molecule has 0 saturated heterocycles. The van der Waals surface area contributed by atoms with E-state index in [-0.39, 0.29) is 12.5 Å². The highest BCUT2D eigenvalue weighted by atomic mass is 32.2. The Morgan fingerprint density at radius 2 is 1.80 bits per heavy atom. The molecule has 1 atom stereocenters. The Hall–Kier alpha value is -4.43. The molecule has 14 heteroatoms. The number of hydrazine groups is 2. The van der Waals surface area contributed by atoms with E-state index in [0.29, 0.717) is 24.1 Å². The van der Waals surface area contributed by atoms with Crippen LogP contribution >= 0.6 is 23.3 Å². The average molecular weight is 582 g/mol. The van der Waals surface area contributed by atoms with Crippen LogP contribution in [-0.4, -0.2) is 44.7 Å². The zero-order valence-corrected chi connectivity index (χ0v) is 23.3. The van der Waals surface area contributed by atoms with Crippen LogP contribution in [0.1, 0.15) is 41.9 Å². The van der Waals surface area contributed by atoms with Crippen molar-refractivity contribution in [2.75, 3.05) is 0 Å². The quantitative estimate of drug-likeness (QED) is 0.167. The minimum atomic E-state index is -0.919. The van der Waals surface area contributed by atoms with Crippen molar-refractivity contribution >= 4 is 53.3 Å². The molecule has 0 saturated carbocycles. The molecule has 4 N–H and O–H groups in total. The number of carbonyl (C=O) groups excluding carboxylic acids is 4. The highest BCUT2D eigenvalue weighted by molar-refractivity contribution is 8.00. The molecular weight excluding hydrogens is 554 g/mol. The lowest BCUT2D eigenvalue weighted by Crippen LogP contribution is -2.55. The molecule has 0 spiro atoms. The zero-order valence-electron chi connectivity index (χ0n) is 21.6. The average Bonchev–Trinajstić information content (AvgIpc) is 3.65. The molecule has 0 radical (unpaired) electrons. The molecule has 3 aromatic rings. The van der Waals surface area contributed by atoms with Crippen LogP contribution in [0.15, 0.2) is 59.6 Å². The summed E-state index contributed by atoms with van der Waals surface area (Å²) >= 11 is 2.48. The van der Waals surface area contributed by atoms with Crippen LogP contribution in [0.5, 0.6) is 0 Å². The Morgan fingerprint density at radius 3 is 2.48 bits per heavy atom. The number of ether oxygens (including phenoxy) is 1. The van der Waals surface area contributed by atoms with Crippen LogP contribution in [0.4, 0.5) is 9.59 Å². The Morgan fingerprint density at radius 1 is 1.07 bits per heavy atom. The summed E-state index contributed by atoms with van der Waals surface area (Å²) in [5.74, 6) is -0.501. The number of thiazole rings is 1. The van der Waals surface area contributed by atoms with Crippen molar-refractivity contribution in [3.63, 3.8) is 0 Å². The second-order valence-corrected chi connectivity index (χ2v) is 10.7. The van der Waals surface area contributed by atoms with Gasteiger partial charge in [-0.25, -0.2) is 20.0 Å². The predicted octanol–water partition coefficient (Wildman–Crippen LogP) is 3.87. The number of aromatic nitrogens is 2. The summed E-state index contributed by atoms with van der Waals surface area (Å²) in [7, 11) is 0. The summed E-state index contributed by atoms with van der Waals surface area (Å²) in [6, 6.07) is 9.40. The minimum Gasteiger partial charge on any atom is -0.445 e. The van der Waals surface area contributed by atoms with E-state index in [4.69, 9.17) is 4.74 Å². The van der Waals surface area contributed by atoms with Crippen molar-refractivity contribution < 1.29 is 23.9 Å². The fraction of sp³-hybridized carbons (Fsp3) is 0.231. The molecule has 12 nitrogen and oxygen atoms in total. The number of nitrogens with one attached hydrogen (secondary N) is 4. The van der Waals surface area contributed by atoms with Crippen molar-refractivity contribution in [3.05, 3.63) is 76.4 Å². The minimum absolute atomic E-state index is 0.0308. The van der Waals surface area contributed by atoms with Crippen LogP contribution in [0.3, 0.4) is 0 Å². The van der Waals surface area contributed by atoms with Crippen LogP contribution in [0.25, 0.3) is 16.3 Å². The summed E-state index contributed by atoms with van der Waals surface area (Å²) in [6.07, 6.45) is 3.47. The summed E-state index contributed by atoms with van der Waals surface area (Å²) in [4.78, 5) is 56.8. The van der Waals surface area contributed by atoms with Gasteiger partial charge >= 0.3 is 12.1 Å². The van der Waals surface area contributed by atoms with Crippen molar-refractivity contribution in [2.45, 2.75) is 32.9 Å². The van der Waals surface area contributed by atoms with Gasteiger partial charge < -0.3 is 10.1 Å². The monoisotopic (exact) mass is 581 g/mol. The number of hydrogen-bond donors (Lipinski definition) is 4. The van der Waals surface area contributed by atoms with Gasteiger partial charge in [-0.3, -0.25) is 25.4 Å². The number of benzene rings is 1. The largest absolute Gasteiger partial charge is 0.445 e. The van der Waals surface area contributed by atoms with Gasteiger partial charge in [0.15, 0.2) is 6.29 Å². The number of hydrogen-bond acceptors (Lipinski definition) is 10. The molecule has 0 unspecified atom stereocenters. The number of alkyl carbamates (subject to hydrolysis) is 1. The molecule has 1 aliphatic heterocycles. The number of rotatable bonds is 9. The van der Waals surface area contributed by atoms with Gasteiger partial charge in [0.1, 0.15) is 23.4 Å². The second kappa shape index (κ2) is 13.6. The van der Waals surface area contributed by atoms with E-state index < -0.39 is 24.1 Å². The van der Waals surface area contributed by atoms with Crippen molar-refractivity contribution in [1.29, 1.82) is 0 Å². The van der Waals surface area contributed by atoms with E-state index in [1.165, 1.54) is 15.8 Å². The molecule has 3 heterocycles. The van der Waals surface area contributed by atoms with Gasteiger partial charge in [0.05, 0.1) is 5.70 Å². The Labute approximate surface area is 238 Å². The van der Waals surface area contributed by atoms with Crippen LogP contribution in [0.2, 0.25) is 0 Å². The first-order chi connectivity index (χ1) is 19.3. The van der Waals surface area contributed by atoms with E-state index in [0.717, 1.165) is 33.6 Å². The number of aldehydes is 1. The van der Waals surface area contributed by atoms with E-state index >= 15 is 0 Å². The maximum atomic E-state index is 12.8. The molecule has 4 rings (SSSR count). The van der Waals surface area contributed by atoms with E-state index in [9.17, 15) is 19.2 Å². The SMILES string of the molecule is CC(C)C[C@H](NC(=O)OCc1ccncc1)C(=O)NNC(=O)N1NC(c2ccc(-c3nc(C=O)cs3)cc2)=CS1. The Balaban J connectivity index is 1.25. The number of nitrogens with zero attached hydrogens (tertiary/aromatic N) is 3. The third-order valence-electron chi connectivity index (χ3n) is 5.50. The van der Waals surface area contributed by atoms with Crippen molar-refractivity contribution in [1.82, 2.24) is 36.0 Å². The van der Waals surface area contributed by atoms with Gasteiger partial charge in [0.2, 0.25) is 0 Å². The number of carbonyl (C=O) groups is 4. The number of urea groups is 1. The summed E-state index contributed by atoms with van der Waals surface area (Å²) in [5.41, 5.74) is 11.2. The highest BCUT2D eigenvalue weighted by Crippen LogP contribution is 2.29. The molecule has 1 aliphatic rings. The van der Waals surface area contributed by atoms with Gasteiger partial charge in [-0.15, -0.1) is 11.3 Å². The molecule has 40 heavy (non-hydrogen) atoms. The summed E-state index contributed by atoms with van der Waals surface area (Å²) in [5, 5.41) is 6.74. The first-order valence-electron chi connectivity index (χ1n) is 12.2. The third-order valence-corrected chi connectivity index (χ3v) is 7.21. The van der Waals surface area contributed by atoms with Gasteiger partial charge in [0, 0.05) is 46.3 Å². The topological polar surface area (TPSA) is 155 Å². The normalized spacial score (nSPS) is 13.2. The van der Waals surface area contributed by atoms with E-state index in [2.05, 4.69) is 31.6 Å². The Bertz CT molecular complexity index is 1380. The standard InChI is InChI=1S/C26H27N7O5S2/c1-16(2)11-21(29-26(37)38-13-17-7-9-27-10-8-17)23(35)30-31-25(36)33-32-22(15-40-33)18-3-5-19(6-4-18)24-28-20(12-34)14-39-24/h3-10,12,14-16,21,32H,11,13H2,1-2H3,(H,29,37)(H,30,35)(H,31,36)/t21-/m0/s1. The molecule has 0 bridgehead atoms. The smallest absolute Gasteiger partial charge is 0.408 e. The molecule has 2 aromatic heterocycles. The zero-order chi connectivity index (χ0) is 28.5. The first kappa shape index (κ1) is 28.6. The van der Waals surface area contributed by atoms with Gasteiger partial charge in [-0.05, 0) is 30.0 Å². The molecule has 1 aromatic carbocycles. The fourth-order valence-corrected chi connectivity index (χ4v) is 4.99. The van der Waals surface area contributed by atoms with Crippen molar-refractivity contribution in [2.24, 2.45) is 5.92 Å². The fourth-order valence-electron chi connectivity index (χ4n) is 3.53.